The molecule has 2 aliphatic rings. The molecule has 0 radical (unpaired) electrons. The highest BCUT2D eigenvalue weighted by Crippen LogP contribution is 2.18. The Labute approximate surface area is 69.4 Å². The molecular formula is C6H6IN3. The maximum atomic E-state index is 4.28. The lowest BCUT2D eigenvalue weighted by Crippen LogP contribution is -2.17. The minimum atomic E-state index is -0.291. The average Bonchev–Trinajstić information content (AvgIpc) is 2.05. The summed E-state index contributed by atoms with van der Waals surface area (Å²) < 4.78 is 8.41. The molecule has 4 heteroatoms. The molecule has 0 saturated carbocycles. The molecule has 0 spiro atoms. The summed E-state index contributed by atoms with van der Waals surface area (Å²) in [6, 6.07) is 0. The highest BCUT2D eigenvalue weighted by Gasteiger charge is 2.05. The van der Waals surface area contributed by atoms with E-state index < -0.39 is 0 Å². The van der Waals surface area contributed by atoms with E-state index in [9.17, 15) is 0 Å². The van der Waals surface area contributed by atoms with Gasteiger partial charge in [0.05, 0.1) is 0 Å². The zero-order valence-electron chi connectivity index (χ0n) is 5.21. The number of dihydropyridines is 1. The van der Waals surface area contributed by atoms with Crippen molar-refractivity contribution >= 4 is 27.5 Å². The van der Waals surface area contributed by atoms with E-state index in [2.05, 4.69) is 23.8 Å². The summed E-state index contributed by atoms with van der Waals surface area (Å²) in [6.45, 7) is 0.903. The van der Waals surface area contributed by atoms with Crippen molar-refractivity contribution in [2.75, 3.05) is 6.54 Å². The van der Waals surface area contributed by atoms with Gasteiger partial charge in [-0.2, -0.15) is 3.15 Å². The van der Waals surface area contributed by atoms with Crippen molar-refractivity contribution < 1.29 is 0 Å². The fourth-order valence-corrected chi connectivity index (χ4v) is 2.05. The Morgan fingerprint density at radius 1 is 1.60 bits per heavy atom. The molecule has 0 amide bonds. The van der Waals surface area contributed by atoms with Gasteiger partial charge in [-0.1, -0.05) is 12.2 Å². The second-order valence-corrected chi connectivity index (χ2v) is 3.45. The number of halogens is 1. The summed E-state index contributed by atoms with van der Waals surface area (Å²) in [4.78, 5) is 0. The summed E-state index contributed by atoms with van der Waals surface area (Å²) in [5.41, 5.74) is 1.12. The molecule has 1 N–H and O–H groups in total. The molecule has 52 valence electrons. The number of allylic oxidation sites excluding steroid dienone is 2. The van der Waals surface area contributed by atoms with Crippen LogP contribution in [0.25, 0.3) is 0 Å². The summed E-state index contributed by atoms with van der Waals surface area (Å²) in [5.74, 6) is 1.03. The van der Waals surface area contributed by atoms with E-state index in [0.29, 0.717) is 0 Å². The average molecular weight is 247 g/mol. The standard InChI is InChI=1S/C6H6IN3/c1-2-5-4-9-7-10-6(5)8-3-1/h1-2,4H,3H2,(H,8,9,10). The number of hydrogen-bond acceptors (Lipinski definition) is 3. The molecule has 0 bridgehead atoms. The molecule has 2 heterocycles. The van der Waals surface area contributed by atoms with Crippen LogP contribution >= 0.6 is 21.3 Å². The molecule has 3 nitrogen and oxygen atoms in total. The molecule has 10 heavy (non-hydrogen) atoms. The van der Waals surface area contributed by atoms with E-state index in [-0.39, 0.29) is 21.3 Å². The molecule has 0 aromatic carbocycles. The van der Waals surface area contributed by atoms with Crippen LogP contribution in [0.15, 0.2) is 29.9 Å². The Morgan fingerprint density at radius 2 is 2.60 bits per heavy atom. The quantitative estimate of drug-likeness (QED) is 0.647. The predicted octanol–water partition coefficient (Wildman–Crippen LogP) is 1.51. The molecule has 2 aliphatic heterocycles. The number of nitrogens with one attached hydrogen (secondary N) is 1. The normalized spacial score (nSPS) is 21.6. The zero-order chi connectivity index (χ0) is 6.81. The van der Waals surface area contributed by atoms with Gasteiger partial charge in [0.15, 0.2) is 0 Å². The minimum Gasteiger partial charge on any atom is -0.366 e. The first-order valence-corrected chi connectivity index (χ1v) is 4.92. The van der Waals surface area contributed by atoms with Crippen LogP contribution < -0.4 is 5.32 Å². The third-order valence-electron chi connectivity index (χ3n) is 1.31. The Kier molecular flexibility index (Phi) is 1.62. The summed E-state index contributed by atoms with van der Waals surface area (Å²) in [6.07, 6.45) is 6.03. The summed E-state index contributed by atoms with van der Waals surface area (Å²) >= 11 is -0.291. The molecule has 0 aromatic rings. The van der Waals surface area contributed by atoms with Gasteiger partial charge in [-0.25, -0.2) is 3.21 Å². The van der Waals surface area contributed by atoms with Crippen LogP contribution in [0.2, 0.25) is 0 Å². The van der Waals surface area contributed by atoms with Gasteiger partial charge in [0.25, 0.3) is 0 Å². The first kappa shape index (κ1) is 6.21. The van der Waals surface area contributed by atoms with Crippen LogP contribution in [-0.2, 0) is 0 Å². The maximum absolute atomic E-state index is 4.28. The monoisotopic (exact) mass is 247 g/mol. The smallest absolute Gasteiger partial charge is 0.144 e. The molecule has 2 rings (SSSR count). The third kappa shape index (κ3) is 1.03. The summed E-state index contributed by atoms with van der Waals surface area (Å²) in [5, 5.41) is 3.18. The number of hydrogen-bond donors (Lipinski definition) is 1. The van der Waals surface area contributed by atoms with Crippen molar-refractivity contribution in [3.05, 3.63) is 23.5 Å². The Bertz CT molecular complexity index is 262. The molecular weight excluding hydrogens is 241 g/mol. The number of nitrogens with zero attached hydrogens (tertiary/aromatic N) is 2. The van der Waals surface area contributed by atoms with E-state index in [0.717, 1.165) is 17.9 Å². The lowest BCUT2D eigenvalue weighted by atomic mass is 10.2. The van der Waals surface area contributed by atoms with E-state index in [1.807, 2.05) is 6.21 Å². The number of rotatable bonds is 0. The van der Waals surface area contributed by atoms with Gasteiger partial charge >= 0.3 is 0 Å². The van der Waals surface area contributed by atoms with Crippen molar-refractivity contribution in [3.63, 3.8) is 0 Å². The van der Waals surface area contributed by atoms with E-state index in [1.54, 1.807) is 0 Å². The molecule has 0 aromatic heterocycles. The molecule has 0 saturated heterocycles. The van der Waals surface area contributed by atoms with Gasteiger partial charge in [0, 0.05) is 18.3 Å². The van der Waals surface area contributed by atoms with Crippen LogP contribution in [0.4, 0.5) is 0 Å². The first-order valence-electron chi connectivity index (χ1n) is 2.99. The van der Waals surface area contributed by atoms with E-state index in [4.69, 9.17) is 0 Å². The van der Waals surface area contributed by atoms with Gasteiger partial charge in [0.2, 0.25) is 0 Å². The SMILES string of the molecule is C1=CC2=C(N=IN=C2)NC1. The Morgan fingerprint density at radius 3 is 3.50 bits per heavy atom. The lowest BCUT2D eigenvalue weighted by molar-refractivity contribution is 0.876. The first-order chi connectivity index (χ1) is 4.97. The fourth-order valence-electron chi connectivity index (χ4n) is 0.839. The van der Waals surface area contributed by atoms with E-state index in [1.165, 1.54) is 0 Å². The van der Waals surface area contributed by atoms with Crippen molar-refractivity contribution in [2.24, 2.45) is 6.35 Å². The molecule has 0 aliphatic carbocycles. The fraction of sp³-hybridized carbons (Fsp3) is 0.167. The molecule has 0 unspecified atom stereocenters. The van der Waals surface area contributed by atoms with Crippen LogP contribution in [-0.4, -0.2) is 12.8 Å². The van der Waals surface area contributed by atoms with Gasteiger partial charge in [0.1, 0.15) is 27.1 Å². The van der Waals surface area contributed by atoms with Gasteiger partial charge in [-0.15, -0.1) is 0 Å². The molecule has 0 atom stereocenters. The Balaban J connectivity index is 2.43. The predicted molar refractivity (Wildman–Crippen MR) is 49.1 cm³/mol. The highest BCUT2D eigenvalue weighted by atomic mass is 127. The van der Waals surface area contributed by atoms with E-state index >= 15 is 0 Å². The van der Waals surface area contributed by atoms with Crippen molar-refractivity contribution in [2.45, 2.75) is 0 Å². The second kappa shape index (κ2) is 2.61. The van der Waals surface area contributed by atoms with Crippen molar-refractivity contribution in [1.82, 2.24) is 5.32 Å². The Hall–Kier alpha value is -0.520. The van der Waals surface area contributed by atoms with Crippen LogP contribution in [0.5, 0.6) is 0 Å². The highest BCUT2D eigenvalue weighted by molar-refractivity contribution is 14.1. The van der Waals surface area contributed by atoms with Gasteiger partial charge in [-0.3, -0.25) is 0 Å². The topological polar surface area (TPSA) is 36.8 Å². The minimum absolute atomic E-state index is 0.291. The van der Waals surface area contributed by atoms with Crippen LogP contribution in [0.1, 0.15) is 0 Å². The summed E-state index contributed by atoms with van der Waals surface area (Å²) in [7, 11) is 0. The van der Waals surface area contributed by atoms with Gasteiger partial charge in [-0.05, 0) is 0 Å². The third-order valence-corrected chi connectivity index (χ3v) is 2.54. The van der Waals surface area contributed by atoms with Crippen LogP contribution in [0.3, 0.4) is 0 Å². The maximum Gasteiger partial charge on any atom is 0.144 e. The zero-order valence-corrected chi connectivity index (χ0v) is 7.37. The van der Waals surface area contributed by atoms with Crippen molar-refractivity contribution in [3.8, 4) is 0 Å². The van der Waals surface area contributed by atoms with Crippen LogP contribution in [0, 0.1) is 0 Å². The van der Waals surface area contributed by atoms with Gasteiger partial charge < -0.3 is 5.32 Å². The lowest BCUT2D eigenvalue weighted by Gasteiger charge is -2.11. The molecule has 0 fully saturated rings. The van der Waals surface area contributed by atoms with Crippen molar-refractivity contribution in [1.29, 1.82) is 0 Å². The largest absolute Gasteiger partial charge is 0.366 e. The second-order valence-electron chi connectivity index (χ2n) is 1.97.